The summed E-state index contributed by atoms with van der Waals surface area (Å²) in [5.74, 6) is 0.571. The first-order valence-corrected chi connectivity index (χ1v) is 8.90. The van der Waals surface area contributed by atoms with Gasteiger partial charge >= 0.3 is 7.48 Å². The second-order valence-corrected chi connectivity index (χ2v) is 7.82. The van der Waals surface area contributed by atoms with E-state index >= 15 is 0 Å². The van der Waals surface area contributed by atoms with Gasteiger partial charge in [-0.2, -0.15) is 10.4 Å². The van der Waals surface area contributed by atoms with Crippen LogP contribution in [0, 0.1) is 17.2 Å². The molecule has 0 radical (unpaired) electrons. The van der Waals surface area contributed by atoms with Crippen LogP contribution in [-0.2, 0) is 9.39 Å². The van der Waals surface area contributed by atoms with Crippen molar-refractivity contribution < 1.29 is 9.39 Å². The van der Waals surface area contributed by atoms with Crippen LogP contribution >= 0.6 is 0 Å². The molecule has 1 fully saturated rings. The van der Waals surface area contributed by atoms with E-state index in [4.69, 9.17) is 14.7 Å². The fourth-order valence-corrected chi connectivity index (χ4v) is 3.23. The molecule has 5 nitrogen and oxygen atoms in total. The lowest BCUT2D eigenvalue weighted by Crippen LogP contribution is -2.50. The molecule has 0 saturated heterocycles. The molecule has 1 atom stereocenters. The summed E-state index contributed by atoms with van der Waals surface area (Å²) < 4.78 is 13.6. The Balaban J connectivity index is 2.03. The van der Waals surface area contributed by atoms with Crippen LogP contribution < -0.4 is 5.46 Å². The Morgan fingerprint density at radius 2 is 2.00 bits per heavy atom. The Bertz CT molecular complexity index is 571. The molecule has 24 heavy (non-hydrogen) atoms. The van der Waals surface area contributed by atoms with Crippen molar-refractivity contribution in [2.45, 2.75) is 77.0 Å². The maximum absolute atomic E-state index is 9.16. The molecule has 6 heteroatoms. The third-order valence-electron chi connectivity index (χ3n) is 5.80. The van der Waals surface area contributed by atoms with Gasteiger partial charge in [0.15, 0.2) is 0 Å². The first kappa shape index (κ1) is 19.0. The summed E-state index contributed by atoms with van der Waals surface area (Å²) in [6.07, 6.45) is 9.36. The fourth-order valence-electron chi connectivity index (χ4n) is 3.23. The third-order valence-corrected chi connectivity index (χ3v) is 5.80. The Morgan fingerprint density at radius 3 is 2.58 bits per heavy atom. The standard InChI is InChI=1S/C18H30BN3O2/c1-17(2,23-5)18(3,4)24-19-15-12-21-22(13-15)16(10-11-20)14-8-6-7-9-14/h12-14,16,19H,6-10H2,1-5H3/t16-/m1/s1. The maximum atomic E-state index is 9.16. The number of ether oxygens (including phenoxy) is 1. The van der Waals surface area contributed by atoms with Crippen molar-refractivity contribution >= 4 is 12.9 Å². The summed E-state index contributed by atoms with van der Waals surface area (Å²) in [7, 11) is 2.20. The van der Waals surface area contributed by atoms with Crippen molar-refractivity contribution in [1.82, 2.24) is 9.78 Å². The molecule has 132 valence electrons. The van der Waals surface area contributed by atoms with Crippen LogP contribution in [0.5, 0.6) is 0 Å². The van der Waals surface area contributed by atoms with Gasteiger partial charge < -0.3 is 9.39 Å². The van der Waals surface area contributed by atoms with Crippen LogP contribution in [0.4, 0.5) is 0 Å². The predicted octanol–water partition coefficient (Wildman–Crippen LogP) is 2.73. The lowest BCUT2D eigenvalue weighted by molar-refractivity contribution is -0.114. The molecule has 1 aromatic rings. The molecule has 1 aliphatic carbocycles. The second kappa shape index (κ2) is 7.71. The summed E-state index contributed by atoms with van der Waals surface area (Å²) in [5.41, 5.74) is 0.244. The molecule has 0 N–H and O–H groups in total. The fraction of sp³-hybridized carbons (Fsp3) is 0.778. The summed E-state index contributed by atoms with van der Waals surface area (Å²) in [5, 5.41) is 13.7. The molecule has 2 rings (SSSR count). The van der Waals surface area contributed by atoms with E-state index in [-0.39, 0.29) is 11.6 Å². The molecule has 0 aromatic carbocycles. The van der Waals surface area contributed by atoms with Crippen LogP contribution in [0.1, 0.15) is 65.8 Å². The molecule has 0 aliphatic heterocycles. The second-order valence-electron chi connectivity index (χ2n) is 7.82. The van der Waals surface area contributed by atoms with Crippen LogP contribution in [0.25, 0.3) is 0 Å². The van der Waals surface area contributed by atoms with Gasteiger partial charge in [0.2, 0.25) is 0 Å². The summed E-state index contributed by atoms with van der Waals surface area (Å²) >= 11 is 0. The minimum atomic E-state index is -0.415. The summed E-state index contributed by atoms with van der Waals surface area (Å²) in [6.45, 7) is 8.13. The van der Waals surface area contributed by atoms with Gasteiger partial charge in [0.1, 0.15) is 0 Å². The number of hydrogen-bond acceptors (Lipinski definition) is 4. The number of aromatic nitrogens is 2. The largest absolute Gasteiger partial charge is 0.427 e. The van der Waals surface area contributed by atoms with Crippen molar-refractivity contribution in [3.05, 3.63) is 12.4 Å². The van der Waals surface area contributed by atoms with Crippen LogP contribution in [0.15, 0.2) is 12.4 Å². The lowest BCUT2D eigenvalue weighted by atomic mass is 9.84. The molecule has 1 heterocycles. The van der Waals surface area contributed by atoms with Gasteiger partial charge in [-0.05, 0) is 51.9 Å². The van der Waals surface area contributed by atoms with Gasteiger partial charge in [-0.3, -0.25) is 4.68 Å². The van der Waals surface area contributed by atoms with Crippen LogP contribution in [0.3, 0.4) is 0 Å². The van der Waals surface area contributed by atoms with Gasteiger partial charge in [-0.25, -0.2) is 0 Å². The van der Waals surface area contributed by atoms with Crippen molar-refractivity contribution in [1.29, 1.82) is 5.26 Å². The minimum absolute atomic E-state index is 0.190. The summed E-state index contributed by atoms with van der Waals surface area (Å²) in [6, 6.07) is 2.52. The monoisotopic (exact) mass is 331 g/mol. The Labute approximate surface area is 146 Å². The van der Waals surface area contributed by atoms with E-state index in [1.807, 2.05) is 44.8 Å². The van der Waals surface area contributed by atoms with Crippen LogP contribution in [-0.4, -0.2) is 35.6 Å². The molecule has 1 saturated carbocycles. The molecule has 1 aliphatic rings. The zero-order valence-corrected chi connectivity index (χ0v) is 15.7. The lowest BCUT2D eigenvalue weighted by Gasteiger charge is -2.40. The minimum Gasteiger partial charge on any atom is -0.427 e. The average Bonchev–Trinajstić information content (AvgIpc) is 3.22. The van der Waals surface area contributed by atoms with Gasteiger partial charge in [0.05, 0.1) is 29.7 Å². The molecule has 0 spiro atoms. The highest BCUT2D eigenvalue weighted by molar-refractivity contribution is 6.46. The highest BCUT2D eigenvalue weighted by Gasteiger charge is 2.38. The van der Waals surface area contributed by atoms with Crippen molar-refractivity contribution in [3.8, 4) is 6.07 Å². The highest BCUT2D eigenvalue weighted by atomic mass is 16.5. The number of hydrogen-bond donors (Lipinski definition) is 0. The summed E-state index contributed by atoms with van der Waals surface area (Å²) in [4.78, 5) is 0. The normalized spacial score (nSPS) is 17.7. The number of nitrogens with zero attached hydrogens (tertiary/aromatic N) is 3. The van der Waals surface area contributed by atoms with Crippen molar-refractivity contribution in [3.63, 3.8) is 0 Å². The topological polar surface area (TPSA) is 60.1 Å². The van der Waals surface area contributed by atoms with E-state index < -0.39 is 5.60 Å². The molecule has 0 unspecified atom stereocenters. The molecule has 0 amide bonds. The van der Waals surface area contributed by atoms with Gasteiger partial charge in [0, 0.05) is 19.5 Å². The van der Waals surface area contributed by atoms with Crippen molar-refractivity contribution in [2.24, 2.45) is 5.92 Å². The first-order valence-electron chi connectivity index (χ1n) is 8.90. The van der Waals surface area contributed by atoms with E-state index in [9.17, 15) is 0 Å². The average molecular weight is 331 g/mol. The molecular formula is C18H30BN3O2. The Hall–Kier alpha value is -1.32. The molecule has 0 bridgehead atoms. The first-order chi connectivity index (χ1) is 11.3. The quantitative estimate of drug-likeness (QED) is 0.687. The smallest absolute Gasteiger partial charge is 0.312 e. The zero-order valence-electron chi connectivity index (χ0n) is 15.7. The number of methoxy groups -OCH3 is 1. The van der Waals surface area contributed by atoms with Gasteiger partial charge in [0.25, 0.3) is 0 Å². The van der Waals surface area contributed by atoms with E-state index in [0.717, 1.165) is 5.46 Å². The Morgan fingerprint density at radius 1 is 1.33 bits per heavy atom. The zero-order chi connectivity index (χ0) is 17.8. The molecular weight excluding hydrogens is 301 g/mol. The Kier molecular flexibility index (Phi) is 6.11. The maximum Gasteiger partial charge on any atom is 0.312 e. The SMILES string of the molecule is COC(C)(C)C(C)(C)OBc1cnn([C@H](CC#N)C2CCCC2)c1. The third kappa shape index (κ3) is 4.20. The number of nitriles is 1. The van der Waals surface area contributed by atoms with Crippen molar-refractivity contribution in [2.75, 3.05) is 7.11 Å². The predicted molar refractivity (Wildman–Crippen MR) is 96.5 cm³/mol. The van der Waals surface area contributed by atoms with E-state index in [2.05, 4.69) is 11.2 Å². The van der Waals surface area contributed by atoms with E-state index in [1.54, 1.807) is 7.11 Å². The van der Waals surface area contributed by atoms with Gasteiger partial charge in [-0.15, -0.1) is 0 Å². The number of rotatable bonds is 8. The van der Waals surface area contributed by atoms with Crippen LogP contribution in [0.2, 0.25) is 0 Å². The highest BCUT2D eigenvalue weighted by Crippen LogP contribution is 2.35. The molecule has 1 aromatic heterocycles. The van der Waals surface area contributed by atoms with E-state index in [0.29, 0.717) is 19.8 Å². The van der Waals surface area contributed by atoms with E-state index in [1.165, 1.54) is 25.7 Å². The van der Waals surface area contributed by atoms with Gasteiger partial charge in [-0.1, -0.05) is 12.8 Å².